The van der Waals surface area contributed by atoms with Crippen molar-refractivity contribution in [2.24, 2.45) is 17.4 Å². The number of nitrogens with one attached hydrogen (secondary N) is 3. The zero-order valence-corrected chi connectivity index (χ0v) is 21.2. The Kier molecular flexibility index (Phi) is 12.7. The van der Waals surface area contributed by atoms with E-state index in [1.807, 2.05) is 0 Å². The number of rotatable bonds is 16. The maximum atomic E-state index is 13.2. The Morgan fingerprint density at radius 1 is 0.842 bits per heavy atom. The van der Waals surface area contributed by atoms with Gasteiger partial charge in [0.05, 0.1) is 12.5 Å². The maximum Gasteiger partial charge on any atom is 0.326 e. The third-order valence-corrected chi connectivity index (χ3v) is 5.37. The van der Waals surface area contributed by atoms with Crippen molar-refractivity contribution >= 4 is 35.6 Å². The summed E-state index contributed by atoms with van der Waals surface area (Å²) in [5, 5.41) is 35.0. The molecule has 14 heteroatoms. The predicted octanol–water partition coefficient (Wildman–Crippen LogP) is -1.41. The normalized spacial score (nSPS) is 14.0. The Hall–Kier alpha value is -4.20. The molecule has 10 N–H and O–H groups in total. The lowest BCUT2D eigenvalue weighted by atomic mass is 10.00. The fourth-order valence-corrected chi connectivity index (χ4v) is 3.43. The van der Waals surface area contributed by atoms with Crippen LogP contribution in [0, 0.1) is 5.92 Å². The molecule has 0 aliphatic rings. The van der Waals surface area contributed by atoms with Crippen molar-refractivity contribution < 1.29 is 44.1 Å². The molecule has 14 nitrogen and oxygen atoms in total. The van der Waals surface area contributed by atoms with Gasteiger partial charge in [0.1, 0.15) is 23.9 Å². The summed E-state index contributed by atoms with van der Waals surface area (Å²) < 4.78 is 0. The highest BCUT2D eigenvalue weighted by Crippen LogP contribution is 2.13. The van der Waals surface area contributed by atoms with E-state index in [0.29, 0.717) is 5.56 Å². The smallest absolute Gasteiger partial charge is 0.326 e. The van der Waals surface area contributed by atoms with Gasteiger partial charge in [-0.1, -0.05) is 26.0 Å². The van der Waals surface area contributed by atoms with Gasteiger partial charge in [-0.15, -0.1) is 0 Å². The van der Waals surface area contributed by atoms with Crippen LogP contribution in [0.3, 0.4) is 0 Å². The summed E-state index contributed by atoms with van der Waals surface area (Å²) in [7, 11) is 0. The predicted molar refractivity (Wildman–Crippen MR) is 133 cm³/mol. The average Bonchev–Trinajstić information content (AvgIpc) is 2.80. The molecule has 0 radical (unpaired) electrons. The fraction of sp³-hybridized carbons (Fsp3) is 0.500. The zero-order valence-electron chi connectivity index (χ0n) is 21.2. The summed E-state index contributed by atoms with van der Waals surface area (Å²) in [6, 6.07) is 0.387. The summed E-state index contributed by atoms with van der Waals surface area (Å²) in [5.74, 6) is -6.13. The number of aromatic hydroxyl groups is 1. The molecule has 0 saturated heterocycles. The third-order valence-electron chi connectivity index (χ3n) is 5.37. The van der Waals surface area contributed by atoms with Crippen LogP contribution < -0.4 is 27.4 Å². The molecular weight excluding hydrogens is 502 g/mol. The van der Waals surface area contributed by atoms with Crippen molar-refractivity contribution in [3.8, 4) is 5.75 Å². The van der Waals surface area contributed by atoms with Crippen LogP contribution in [0.25, 0.3) is 0 Å². The largest absolute Gasteiger partial charge is 0.508 e. The Bertz CT molecular complexity index is 1010. The molecule has 4 unspecified atom stereocenters. The van der Waals surface area contributed by atoms with Gasteiger partial charge in [0, 0.05) is 12.8 Å². The number of carboxylic acids is 2. The van der Waals surface area contributed by atoms with Crippen LogP contribution in [0.1, 0.15) is 45.1 Å². The highest BCUT2D eigenvalue weighted by Gasteiger charge is 2.31. The van der Waals surface area contributed by atoms with E-state index >= 15 is 0 Å². The molecule has 0 aromatic heterocycles. The van der Waals surface area contributed by atoms with Gasteiger partial charge >= 0.3 is 11.9 Å². The number of nitrogens with two attached hydrogens (primary N) is 2. The average molecular weight is 538 g/mol. The molecule has 0 bridgehead atoms. The fourth-order valence-electron chi connectivity index (χ4n) is 3.43. The Labute approximate surface area is 219 Å². The summed E-state index contributed by atoms with van der Waals surface area (Å²) in [4.78, 5) is 72.2. The third kappa shape index (κ3) is 11.7. The molecule has 0 aliphatic heterocycles. The van der Waals surface area contributed by atoms with Crippen LogP contribution in [0.5, 0.6) is 5.75 Å². The first-order valence-corrected chi connectivity index (χ1v) is 11.9. The van der Waals surface area contributed by atoms with Crippen LogP contribution in [0.4, 0.5) is 0 Å². The van der Waals surface area contributed by atoms with Crippen molar-refractivity contribution in [1.82, 2.24) is 16.0 Å². The van der Waals surface area contributed by atoms with Crippen molar-refractivity contribution in [3.63, 3.8) is 0 Å². The Morgan fingerprint density at radius 3 is 1.87 bits per heavy atom. The molecule has 0 fully saturated rings. The second-order valence-corrected chi connectivity index (χ2v) is 9.23. The minimum atomic E-state index is -1.45. The quantitative estimate of drug-likeness (QED) is 0.122. The van der Waals surface area contributed by atoms with E-state index in [-0.39, 0.29) is 37.4 Å². The number of hydrogen-bond acceptors (Lipinski definition) is 8. The van der Waals surface area contributed by atoms with E-state index in [0.717, 1.165) is 0 Å². The Morgan fingerprint density at radius 2 is 1.37 bits per heavy atom. The first kappa shape index (κ1) is 31.8. The number of phenolic OH excluding ortho intramolecular Hbond substituents is 1. The molecular formula is C24H35N5O9. The summed E-state index contributed by atoms with van der Waals surface area (Å²) >= 11 is 0. The number of hydrogen-bond donors (Lipinski definition) is 8. The standard InChI is InChI=1S/C24H35N5O9/c1-12(2)9-17(22(35)27-16(24(37)38)7-8-19(26)31)29-23(36)18(10-13-3-5-14(30)6-4-13)28-21(34)15(25)11-20(32)33/h3-6,12,15-18,30H,7-11,25H2,1-2H3,(H2,26,31)(H,27,35)(H,28,34)(H,29,36)(H,32,33)(H,37,38). The molecule has 210 valence electrons. The number of aliphatic carboxylic acids is 2. The van der Waals surface area contributed by atoms with Gasteiger partial charge < -0.3 is 42.7 Å². The lowest BCUT2D eigenvalue weighted by Crippen LogP contribution is -2.58. The molecule has 0 saturated carbocycles. The Balaban J connectivity index is 3.14. The second-order valence-electron chi connectivity index (χ2n) is 9.23. The number of phenols is 1. The van der Waals surface area contributed by atoms with Crippen molar-refractivity contribution in [2.45, 2.75) is 70.1 Å². The van der Waals surface area contributed by atoms with Gasteiger partial charge in [-0.2, -0.15) is 0 Å². The lowest BCUT2D eigenvalue weighted by Gasteiger charge is -2.26. The van der Waals surface area contributed by atoms with Crippen LogP contribution in [0.15, 0.2) is 24.3 Å². The topological polar surface area (TPSA) is 251 Å². The molecule has 38 heavy (non-hydrogen) atoms. The number of carbonyl (C=O) groups is 6. The summed E-state index contributed by atoms with van der Waals surface area (Å²) in [6.45, 7) is 3.55. The minimum absolute atomic E-state index is 0.0275. The van der Waals surface area contributed by atoms with E-state index in [4.69, 9.17) is 16.6 Å². The van der Waals surface area contributed by atoms with Gasteiger partial charge in [-0.05, 0) is 36.5 Å². The number of carboxylic acid groups (broad SMARTS) is 2. The highest BCUT2D eigenvalue weighted by molar-refractivity contribution is 5.95. The first-order chi connectivity index (χ1) is 17.7. The molecule has 4 amide bonds. The zero-order chi connectivity index (χ0) is 29.0. The van der Waals surface area contributed by atoms with Crippen molar-refractivity contribution in [3.05, 3.63) is 29.8 Å². The van der Waals surface area contributed by atoms with Gasteiger partial charge in [0.15, 0.2) is 0 Å². The van der Waals surface area contributed by atoms with Gasteiger partial charge in [0.2, 0.25) is 23.6 Å². The molecule has 4 atom stereocenters. The maximum absolute atomic E-state index is 13.2. The van der Waals surface area contributed by atoms with E-state index < -0.39 is 66.2 Å². The van der Waals surface area contributed by atoms with Crippen LogP contribution in [-0.4, -0.2) is 75.1 Å². The van der Waals surface area contributed by atoms with E-state index in [1.165, 1.54) is 24.3 Å². The van der Waals surface area contributed by atoms with Crippen LogP contribution >= 0.6 is 0 Å². The summed E-state index contributed by atoms with van der Waals surface area (Å²) in [6.07, 6.45) is -1.20. The molecule has 1 aromatic carbocycles. The molecule has 0 aliphatic carbocycles. The van der Waals surface area contributed by atoms with Crippen molar-refractivity contribution in [2.75, 3.05) is 0 Å². The van der Waals surface area contributed by atoms with Crippen LogP contribution in [0.2, 0.25) is 0 Å². The van der Waals surface area contributed by atoms with Crippen LogP contribution in [-0.2, 0) is 35.2 Å². The number of amides is 4. The SMILES string of the molecule is CC(C)CC(NC(=O)C(Cc1ccc(O)cc1)NC(=O)C(N)CC(=O)O)C(=O)NC(CCC(N)=O)C(=O)O. The van der Waals surface area contributed by atoms with Gasteiger partial charge in [0.25, 0.3) is 0 Å². The number of primary amides is 1. The minimum Gasteiger partial charge on any atom is -0.508 e. The van der Waals surface area contributed by atoms with E-state index in [9.17, 15) is 39.0 Å². The second kappa shape index (κ2) is 15.1. The van der Waals surface area contributed by atoms with Gasteiger partial charge in [-0.25, -0.2) is 4.79 Å². The molecule has 1 rings (SSSR count). The van der Waals surface area contributed by atoms with E-state index in [1.54, 1.807) is 13.8 Å². The van der Waals surface area contributed by atoms with Crippen molar-refractivity contribution in [1.29, 1.82) is 0 Å². The molecule has 0 heterocycles. The lowest BCUT2D eigenvalue weighted by molar-refractivity contribution is -0.142. The number of carbonyl (C=O) groups excluding carboxylic acids is 4. The highest BCUT2D eigenvalue weighted by atomic mass is 16.4. The number of benzene rings is 1. The van der Waals surface area contributed by atoms with E-state index in [2.05, 4.69) is 16.0 Å². The molecule has 0 spiro atoms. The monoisotopic (exact) mass is 537 g/mol. The first-order valence-electron chi connectivity index (χ1n) is 11.9. The summed E-state index contributed by atoms with van der Waals surface area (Å²) in [5.41, 5.74) is 11.2. The van der Waals surface area contributed by atoms with Gasteiger partial charge in [-0.3, -0.25) is 24.0 Å². The molecule has 1 aromatic rings.